The lowest BCUT2D eigenvalue weighted by atomic mass is 9.77. The first kappa shape index (κ1) is 15.6. The fraction of sp³-hybridized carbons (Fsp3) is 0.750. The Balaban J connectivity index is 2.20. The van der Waals surface area contributed by atoms with Crippen LogP contribution in [0.3, 0.4) is 0 Å². The van der Waals surface area contributed by atoms with Crippen LogP contribution in [0.25, 0.3) is 0 Å². The van der Waals surface area contributed by atoms with Crippen LogP contribution >= 0.6 is 11.6 Å². The van der Waals surface area contributed by atoms with E-state index in [1.165, 1.54) is 6.42 Å². The van der Waals surface area contributed by atoms with E-state index in [1.807, 2.05) is 4.68 Å². The van der Waals surface area contributed by atoms with Crippen LogP contribution in [0.5, 0.6) is 0 Å². The van der Waals surface area contributed by atoms with E-state index in [2.05, 4.69) is 25.9 Å². The largest absolute Gasteiger partial charge is 0.299 e. The molecule has 1 aromatic heterocycles. The lowest BCUT2D eigenvalue weighted by molar-refractivity contribution is -0.125. The van der Waals surface area contributed by atoms with E-state index >= 15 is 0 Å². The number of hydrogen-bond acceptors (Lipinski definition) is 2. The Morgan fingerprint density at radius 3 is 2.70 bits per heavy atom. The number of Topliss-reactive ketones (excluding diaryl/α,β-unsaturated/α-hetero) is 1. The van der Waals surface area contributed by atoms with Crippen molar-refractivity contribution < 1.29 is 4.79 Å². The van der Waals surface area contributed by atoms with Crippen molar-refractivity contribution in [3.8, 4) is 0 Å². The molecule has 112 valence electrons. The van der Waals surface area contributed by atoms with Crippen LogP contribution < -0.4 is 0 Å². The molecule has 1 aliphatic carbocycles. The minimum atomic E-state index is 0.137. The molecule has 1 aromatic rings. The molecule has 3 nitrogen and oxygen atoms in total. The summed E-state index contributed by atoms with van der Waals surface area (Å²) < 4.78 is 1.98. The lowest BCUT2D eigenvalue weighted by Gasteiger charge is -2.27. The first-order valence-electron chi connectivity index (χ1n) is 7.87. The second kappa shape index (κ2) is 6.75. The summed E-state index contributed by atoms with van der Waals surface area (Å²) in [5, 5.41) is 5.33. The summed E-state index contributed by atoms with van der Waals surface area (Å²) in [4.78, 5) is 12.2. The van der Waals surface area contributed by atoms with Crippen molar-refractivity contribution in [2.75, 3.05) is 0 Å². The summed E-state index contributed by atoms with van der Waals surface area (Å²) in [5.41, 5.74) is 2.01. The Morgan fingerprint density at radius 2 is 2.10 bits per heavy atom. The molecule has 0 amide bonds. The molecule has 1 saturated carbocycles. The standard InChI is InChI=1S/C16H25ClN2O/c1-4-11-7-8-15(20)12(9-11)10-14-16(17)13(5-2)18-19(14)6-3/h11-12H,4-10H2,1-3H3. The number of nitrogens with zero attached hydrogens (tertiary/aromatic N) is 2. The van der Waals surface area contributed by atoms with Crippen LogP contribution in [-0.2, 0) is 24.2 Å². The van der Waals surface area contributed by atoms with Gasteiger partial charge < -0.3 is 0 Å². The zero-order chi connectivity index (χ0) is 14.7. The molecule has 2 atom stereocenters. The van der Waals surface area contributed by atoms with E-state index in [0.717, 1.165) is 55.1 Å². The minimum Gasteiger partial charge on any atom is -0.299 e. The molecule has 0 radical (unpaired) electrons. The maximum atomic E-state index is 12.2. The SMILES string of the molecule is CCc1nn(CC)c(CC2CC(CC)CCC2=O)c1Cl. The number of aryl methyl sites for hydroxylation is 2. The van der Waals surface area contributed by atoms with Crippen LogP contribution in [0, 0.1) is 11.8 Å². The van der Waals surface area contributed by atoms with Gasteiger partial charge in [-0.05, 0) is 32.1 Å². The fourth-order valence-electron chi connectivity index (χ4n) is 3.22. The Kier molecular flexibility index (Phi) is 5.25. The van der Waals surface area contributed by atoms with Crippen molar-refractivity contribution in [3.05, 3.63) is 16.4 Å². The van der Waals surface area contributed by atoms with Gasteiger partial charge in [0.15, 0.2) is 0 Å². The number of halogens is 1. The maximum absolute atomic E-state index is 12.2. The molecule has 0 N–H and O–H groups in total. The van der Waals surface area contributed by atoms with Crippen molar-refractivity contribution in [2.45, 2.75) is 65.8 Å². The van der Waals surface area contributed by atoms with Crippen LogP contribution in [0.2, 0.25) is 5.02 Å². The number of hydrogen-bond donors (Lipinski definition) is 0. The molecule has 1 fully saturated rings. The zero-order valence-electron chi connectivity index (χ0n) is 12.8. The summed E-state index contributed by atoms with van der Waals surface area (Å²) in [7, 11) is 0. The smallest absolute Gasteiger partial charge is 0.136 e. The third kappa shape index (κ3) is 3.08. The van der Waals surface area contributed by atoms with Gasteiger partial charge in [0.05, 0.1) is 16.4 Å². The number of carbonyl (C=O) groups is 1. The summed E-state index contributed by atoms with van der Waals surface area (Å²) in [5.74, 6) is 1.24. The number of ketones is 1. The van der Waals surface area contributed by atoms with E-state index in [4.69, 9.17) is 11.6 Å². The Bertz CT molecular complexity index is 481. The molecular weight excluding hydrogens is 272 g/mol. The van der Waals surface area contributed by atoms with Gasteiger partial charge in [-0.25, -0.2) is 0 Å². The quantitative estimate of drug-likeness (QED) is 0.821. The highest BCUT2D eigenvalue weighted by Gasteiger charge is 2.30. The van der Waals surface area contributed by atoms with Crippen molar-refractivity contribution >= 4 is 17.4 Å². The molecule has 0 bridgehead atoms. The van der Waals surface area contributed by atoms with Gasteiger partial charge in [-0.15, -0.1) is 0 Å². The second-order valence-corrected chi connectivity index (χ2v) is 6.17. The number of carbonyl (C=O) groups excluding carboxylic acids is 1. The molecule has 20 heavy (non-hydrogen) atoms. The topological polar surface area (TPSA) is 34.9 Å². The van der Waals surface area contributed by atoms with Gasteiger partial charge in [0.1, 0.15) is 5.78 Å². The average Bonchev–Trinajstić information content (AvgIpc) is 2.77. The van der Waals surface area contributed by atoms with Crippen LogP contribution in [0.15, 0.2) is 0 Å². The van der Waals surface area contributed by atoms with Crippen LogP contribution in [-0.4, -0.2) is 15.6 Å². The first-order chi connectivity index (χ1) is 9.60. The molecule has 2 unspecified atom stereocenters. The highest BCUT2D eigenvalue weighted by atomic mass is 35.5. The zero-order valence-corrected chi connectivity index (χ0v) is 13.5. The van der Waals surface area contributed by atoms with Crippen molar-refractivity contribution in [2.24, 2.45) is 11.8 Å². The highest BCUT2D eigenvalue weighted by Crippen LogP contribution is 2.33. The van der Waals surface area contributed by atoms with E-state index in [9.17, 15) is 4.79 Å². The molecule has 1 heterocycles. The van der Waals surface area contributed by atoms with Gasteiger partial charge in [-0.2, -0.15) is 5.10 Å². The summed E-state index contributed by atoms with van der Waals surface area (Å²) in [6.45, 7) is 7.17. The summed E-state index contributed by atoms with van der Waals surface area (Å²) >= 11 is 6.45. The third-order valence-corrected chi connectivity index (χ3v) is 5.02. The Labute approximate surface area is 126 Å². The second-order valence-electron chi connectivity index (χ2n) is 5.79. The number of rotatable bonds is 5. The van der Waals surface area contributed by atoms with Gasteiger partial charge >= 0.3 is 0 Å². The predicted octanol–water partition coefficient (Wildman–Crippen LogP) is 4.06. The van der Waals surface area contributed by atoms with Gasteiger partial charge in [-0.3, -0.25) is 9.48 Å². The van der Waals surface area contributed by atoms with Gasteiger partial charge in [0, 0.05) is 25.3 Å². The normalized spacial score (nSPS) is 23.3. The molecular formula is C16H25ClN2O. The molecule has 4 heteroatoms. The Morgan fingerprint density at radius 1 is 1.35 bits per heavy atom. The molecule has 0 spiro atoms. The van der Waals surface area contributed by atoms with Crippen molar-refractivity contribution in [3.63, 3.8) is 0 Å². The maximum Gasteiger partial charge on any atom is 0.136 e. The first-order valence-corrected chi connectivity index (χ1v) is 8.25. The molecule has 1 aliphatic rings. The summed E-state index contributed by atoms with van der Waals surface area (Å²) in [6, 6.07) is 0. The lowest BCUT2D eigenvalue weighted by Crippen LogP contribution is -2.27. The van der Waals surface area contributed by atoms with Crippen molar-refractivity contribution in [1.29, 1.82) is 0 Å². The van der Waals surface area contributed by atoms with Gasteiger partial charge in [-0.1, -0.05) is 31.9 Å². The molecule has 0 aliphatic heterocycles. The van der Waals surface area contributed by atoms with Crippen molar-refractivity contribution in [1.82, 2.24) is 9.78 Å². The molecule has 0 aromatic carbocycles. The Hall–Kier alpha value is -0.830. The summed E-state index contributed by atoms with van der Waals surface area (Å²) in [6.07, 6.45) is 5.59. The van der Waals surface area contributed by atoms with E-state index < -0.39 is 0 Å². The van der Waals surface area contributed by atoms with E-state index in [0.29, 0.717) is 11.7 Å². The van der Waals surface area contributed by atoms with Crippen LogP contribution in [0.4, 0.5) is 0 Å². The van der Waals surface area contributed by atoms with E-state index in [-0.39, 0.29) is 5.92 Å². The average molecular weight is 297 g/mol. The van der Waals surface area contributed by atoms with Crippen LogP contribution in [0.1, 0.15) is 57.8 Å². The monoisotopic (exact) mass is 296 g/mol. The fourth-order valence-corrected chi connectivity index (χ4v) is 3.56. The van der Waals surface area contributed by atoms with E-state index in [1.54, 1.807) is 0 Å². The molecule has 0 saturated heterocycles. The third-order valence-electron chi connectivity index (χ3n) is 4.58. The highest BCUT2D eigenvalue weighted by molar-refractivity contribution is 6.31. The predicted molar refractivity (Wildman–Crippen MR) is 82.1 cm³/mol. The molecule has 2 rings (SSSR count). The number of aromatic nitrogens is 2. The van der Waals surface area contributed by atoms with Gasteiger partial charge in [0.2, 0.25) is 0 Å². The minimum absolute atomic E-state index is 0.137. The van der Waals surface area contributed by atoms with Gasteiger partial charge in [0.25, 0.3) is 0 Å².